The minimum absolute atomic E-state index is 0.0486. The van der Waals surface area contributed by atoms with E-state index in [1.54, 1.807) is 34.4 Å². The lowest BCUT2D eigenvalue weighted by Gasteiger charge is -2.33. The second-order valence-corrected chi connectivity index (χ2v) is 8.62. The Kier molecular flexibility index (Phi) is 5.58. The first-order chi connectivity index (χ1) is 14.0. The second kappa shape index (κ2) is 8.14. The molecule has 0 bridgehead atoms. The van der Waals surface area contributed by atoms with Crippen LogP contribution >= 0.6 is 11.3 Å². The van der Waals surface area contributed by atoms with Crippen molar-refractivity contribution in [3.8, 4) is 5.75 Å². The molecular formula is C22H24FNO4S. The number of para-hydroxylation sites is 1. The molecule has 7 heteroatoms. The Hall–Kier alpha value is -2.41. The highest BCUT2D eigenvalue weighted by atomic mass is 32.1. The standard InChI is InChI=1S/C22H24FNO4S/c1-27-20(25)17-13-15(28-18-8-3-2-7-16(18)23)14-24(17)21(26)22(10-4-5-11-22)19-9-6-12-29-19/h2-3,6-9,12,15,17H,4-5,10-11,13-14H2,1H3/t15-,17-/m1/s1. The molecule has 1 aliphatic carbocycles. The topological polar surface area (TPSA) is 55.8 Å². The number of likely N-dealkylation sites (tertiary alicyclic amines) is 1. The lowest BCUT2D eigenvalue weighted by molar-refractivity contribution is -0.153. The fourth-order valence-corrected chi connectivity index (χ4v) is 5.53. The van der Waals surface area contributed by atoms with E-state index in [0.29, 0.717) is 0 Å². The minimum atomic E-state index is -0.721. The van der Waals surface area contributed by atoms with Crippen molar-refractivity contribution in [1.82, 2.24) is 4.90 Å². The van der Waals surface area contributed by atoms with Gasteiger partial charge in [0, 0.05) is 11.3 Å². The monoisotopic (exact) mass is 417 g/mol. The third-order valence-electron chi connectivity index (χ3n) is 5.99. The van der Waals surface area contributed by atoms with Gasteiger partial charge in [0.2, 0.25) is 5.91 Å². The van der Waals surface area contributed by atoms with Gasteiger partial charge in [-0.25, -0.2) is 9.18 Å². The predicted molar refractivity (Wildman–Crippen MR) is 107 cm³/mol. The molecule has 1 aromatic heterocycles. The van der Waals surface area contributed by atoms with Crippen molar-refractivity contribution in [2.45, 2.75) is 49.7 Å². The second-order valence-electron chi connectivity index (χ2n) is 7.67. The molecule has 0 radical (unpaired) electrons. The molecule has 2 fully saturated rings. The van der Waals surface area contributed by atoms with Crippen LogP contribution in [0.3, 0.4) is 0 Å². The normalized spacial score (nSPS) is 23.2. The van der Waals surface area contributed by atoms with Gasteiger partial charge in [-0.05, 0) is 36.4 Å². The van der Waals surface area contributed by atoms with Crippen LogP contribution in [0.2, 0.25) is 0 Å². The summed E-state index contributed by atoms with van der Waals surface area (Å²) < 4.78 is 24.8. The van der Waals surface area contributed by atoms with E-state index in [-0.39, 0.29) is 24.6 Å². The Bertz CT molecular complexity index is 879. The van der Waals surface area contributed by atoms with Crippen molar-refractivity contribution in [2.24, 2.45) is 0 Å². The van der Waals surface area contributed by atoms with Crippen LogP contribution in [0.1, 0.15) is 37.0 Å². The number of hydrogen-bond donors (Lipinski definition) is 0. The van der Waals surface area contributed by atoms with E-state index in [4.69, 9.17) is 9.47 Å². The van der Waals surface area contributed by atoms with Crippen LogP contribution in [0.15, 0.2) is 41.8 Å². The van der Waals surface area contributed by atoms with Crippen LogP contribution < -0.4 is 4.74 Å². The van der Waals surface area contributed by atoms with Crippen molar-refractivity contribution in [3.63, 3.8) is 0 Å². The number of rotatable bonds is 5. The highest BCUT2D eigenvalue weighted by molar-refractivity contribution is 7.10. The van der Waals surface area contributed by atoms with E-state index in [0.717, 1.165) is 30.6 Å². The number of thiophene rings is 1. The Morgan fingerprint density at radius 3 is 2.59 bits per heavy atom. The van der Waals surface area contributed by atoms with Crippen LogP contribution in [0, 0.1) is 5.82 Å². The molecule has 2 atom stereocenters. The first-order valence-corrected chi connectivity index (χ1v) is 10.8. The van der Waals surface area contributed by atoms with Gasteiger partial charge in [-0.2, -0.15) is 0 Å². The van der Waals surface area contributed by atoms with Crippen LogP contribution in [-0.2, 0) is 19.7 Å². The number of ether oxygens (including phenoxy) is 2. The maximum atomic E-state index is 14.0. The minimum Gasteiger partial charge on any atom is -0.485 e. The number of esters is 1. The summed E-state index contributed by atoms with van der Waals surface area (Å²) in [5.74, 6) is -0.841. The van der Waals surface area contributed by atoms with Gasteiger partial charge in [0.1, 0.15) is 12.1 Å². The Labute approximate surface area is 173 Å². The molecule has 1 aromatic carbocycles. The fraction of sp³-hybridized carbons (Fsp3) is 0.455. The average molecular weight is 418 g/mol. The molecule has 1 saturated heterocycles. The summed E-state index contributed by atoms with van der Waals surface area (Å²) in [5.41, 5.74) is -0.590. The van der Waals surface area contributed by atoms with Crippen molar-refractivity contribution in [2.75, 3.05) is 13.7 Å². The first-order valence-electron chi connectivity index (χ1n) is 9.89. The maximum absolute atomic E-state index is 14.0. The summed E-state index contributed by atoms with van der Waals surface area (Å²) in [6.45, 7) is 0.236. The van der Waals surface area contributed by atoms with Gasteiger partial charge in [0.25, 0.3) is 0 Å². The summed E-state index contributed by atoms with van der Waals surface area (Å²) in [6, 6.07) is 9.41. The van der Waals surface area contributed by atoms with Crippen LogP contribution in [0.25, 0.3) is 0 Å². The van der Waals surface area contributed by atoms with Gasteiger partial charge in [0.15, 0.2) is 11.6 Å². The molecule has 0 spiro atoms. The molecule has 154 valence electrons. The number of benzene rings is 1. The molecule has 4 rings (SSSR count). The van der Waals surface area contributed by atoms with Crippen LogP contribution in [0.5, 0.6) is 5.75 Å². The van der Waals surface area contributed by atoms with E-state index in [2.05, 4.69) is 0 Å². The van der Waals surface area contributed by atoms with Crippen LogP contribution in [-0.4, -0.2) is 42.6 Å². The number of hydrogen-bond acceptors (Lipinski definition) is 5. The Balaban J connectivity index is 1.61. The highest BCUT2D eigenvalue weighted by Gasteiger charge is 2.51. The highest BCUT2D eigenvalue weighted by Crippen LogP contribution is 2.45. The third-order valence-corrected chi connectivity index (χ3v) is 7.06. The van der Waals surface area contributed by atoms with Gasteiger partial charge in [-0.1, -0.05) is 31.0 Å². The summed E-state index contributed by atoms with van der Waals surface area (Å²) in [7, 11) is 1.32. The number of carbonyl (C=O) groups is 2. The molecule has 1 amide bonds. The van der Waals surface area contributed by atoms with Gasteiger partial charge in [-0.15, -0.1) is 11.3 Å². The zero-order valence-electron chi connectivity index (χ0n) is 16.3. The molecule has 2 aromatic rings. The van der Waals surface area contributed by atoms with E-state index < -0.39 is 29.3 Å². The number of methoxy groups -OCH3 is 1. The summed E-state index contributed by atoms with van der Waals surface area (Å²) in [6.07, 6.45) is 3.32. The van der Waals surface area contributed by atoms with Crippen molar-refractivity contribution >= 4 is 23.2 Å². The molecule has 0 N–H and O–H groups in total. The molecule has 1 saturated carbocycles. The zero-order chi connectivity index (χ0) is 20.4. The Morgan fingerprint density at radius 1 is 1.17 bits per heavy atom. The van der Waals surface area contributed by atoms with Crippen molar-refractivity contribution < 1.29 is 23.5 Å². The molecular weight excluding hydrogens is 393 g/mol. The first kappa shape index (κ1) is 19.9. The quantitative estimate of drug-likeness (QED) is 0.692. The van der Waals surface area contributed by atoms with E-state index in [1.165, 1.54) is 13.2 Å². The third kappa shape index (κ3) is 3.64. The van der Waals surface area contributed by atoms with Gasteiger partial charge >= 0.3 is 5.97 Å². The largest absolute Gasteiger partial charge is 0.485 e. The Morgan fingerprint density at radius 2 is 1.93 bits per heavy atom. The fourth-order valence-electron chi connectivity index (χ4n) is 4.56. The zero-order valence-corrected chi connectivity index (χ0v) is 17.1. The van der Waals surface area contributed by atoms with E-state index in [1.807, 2.05) is 17.5 Å². The molecule has 0 unspecified atom stereocenters. The maximum Gasteiger partial charge on any atom is 0.328 e. The van der Waals surface area contributed by atoms with Crippen LogP contribution in [0.4, 0.5) is 4.39 Å². The predicted octanol–water partition coefficient (Wildman–Crippen LogP) is 3.92. The van der Waals surface area contributed by atoms with Crippen molar-refractivity contribution in [1.29, 1.82) is 0 Å². The average Bonchev–Trinajstić information content (AvgIpc) is 3.49. The van der Waals surface area contributed by atoms with E-state index >= 15 is 0 Å². The number of carbonyl (C=O) groups excluding carboxylic acids is 2. The smallest absolute Gasteiger partial charge is 0.328 e. The number of halogens is 1. The lowest BCUT2D eigenvalue weighted by Crippen LogP contribution is -2.50. The molecule has 2 aliphatic rings. The SMILES string of the molecule is COC(=O)[C@H]1C[C@@H](Oc2ccccc2F)CN1C(=O)C1(c2cccs2)CCCC1. The van der Waals surface area contributed by atoms with E-state index in [9.17, 15) is 14.0 Å². The van der Waals surface area contributed by atoms with Gasteiger partial charge in [0.05, 0.1) is 19.1 Å². The van der Waals surface area contributed by atoms with Gasteiger partial charge < -0.3 is 14.4 Å². The van der Waals surface area contributed by atoms with Gasteiger partial charge in [-0.3, -0.25) is 4.79 Å². The summed E-state index contributed by atoms with van der Waals surface area (Å²) in [4.78, 5) is 28.9. The molecule has 29 heavy (non-hydrogen) atoms. The number of nitrogens with zero attached hydrogens (tertiary/aromatic N) is 1. The number of amides is 1. The molecule has 2 heterocycles. The molecule has 5 nitrogen and oxygen atoms in total. The summed E-state index contributed by atoms with van der Waals surface area (Å²) in [5, 5.41) is 1.98. The molecule has 1 aliphatic heterocycles. The van der Waals surface area contributed by atoms with Crippen molar-refractivity contribution in [3.05, 3.63) is 52.5 Å². The summed E-state index contributed by atoms with van der Waals surface area (Å²) >= 11 is 1.58. The lowest BCUT2D eigenvalue weighted by atomic mass is 9.82.